The third kappa shape index (κ3) is 4.88. The van der Waals surface area contributed by atoms with Gasteiger partial charge in [-0.2, -0.15) is 0 Å². The van der Waals surface area contributed by atoms with E-state index in [-0.39, 0.29) is 4.88 Å². The van der Waals surface area contributed by atoms with E-state index in [2.05, 4.69) is 4.74 Å². The maximum atomic E-state index is 12.6. The molecule has 0 aliphatic heterocycles. The molecule has 0 amide bonds. The van der Waals surface area contributed by atoms with E-state index in [9.17, 15) is 22.8 Å². The highest BCUT2D eigenvalue weighted by Crippen LogP contribution is 2.41. The van der Waals surface area contributed by atoms with Crippen LogP contribution >= 0.6 is 11.3 Å². The second kappa shape index (κ2) is 7.21. The van der Waals surface area contributed by atoms with E-state index < -0.39 is 42.2 Å². The van der Waals surface area contributed by atoms with Crippen molar-refractivity contribution in [2.45, 2.75) is 6.36 Å². The van der Waals surface area contributed by atoms with Gasteiger partial charge in [0.2, 0.25) is 5.75 Å². The molecule has 0 aliphatic carbocycles. The van der Waals surface area contributed by atoms with Gasteiger partial charge in [-0.25, -0.2) is 9.59 Å². The van der Waals surface area contributed by atoms with Crippen LogP contribution in [-0.4, -0.2) is 30.0 Å². The van der Waals surface area contributed by atoms with E-state index in [0.29, 0.717) is 0 Å². The molecule has 0 saturated heterocycles. The third-order valence-corrected chi connectivity index (χ3v) is 3.29. The van der Waals surface area contributed by atoms with Crippen molar-refractivity contribution in [3.05, 3.63) is 40.6 Å². The number of benzene rings is 1. The summed E-state index contributed by atoms with van der Waals surface area (Å²) in [6, 6.07) is 6.37. The van der Waals surface area contributed by atoms with Gasteiger partial charge < -0.3 is 19.3 Å². The average Bonchev–Trinajstić information content (AvgIpc) is 3.00. The molecule has 24 heavy (non-hydrogen) atoms. The number of esters is 1. The molecule has 0 radical (unpaired) electrons. The monoisotopic (exact) mass is 362 g/mol. The maximum Gasteiger partial charge on any atom is 0.573 e. The number of carbonyl (C=O) groups is 2. The standard InChI is InChI=1S/C14H9F3O6S/c15-14(16,17)23-12-8(21-7-11(18)19)3-1-4-9(12)22-13(20)10-5-2-6-24-10/h1-6H,7H2,(H,18,19). The van der Waals surface area contributed by atoms with Gasteiger partial charge in [-0.15, -0.1) is 24.5 Å². The Balaban J connectivity index is 2.32. The lowest BCUT2D eigenvalue weighted by molar-refractivity contribution is -0.275. The van der Waals surface area contributed by atoms with Crippen molar-refractivity contribution in [1.29, 1.82) is 0 Å². The topological polar surface area (TPSA) is 82.1 Å². The van der Waals surface area contributed by atoms with Crippen LogP contribution in [0.2, 0.25) is 0 Å². The second-order valence-electron chi connectivity index (χ2n) is 4.18. The normalized spacial score (nSPS) is 11.0. The molecule has 0 unspecified atom stereocenters. The summed E-state index contributed by atoms with van der Waals surface area (Å²) < 4.78 is 51.2. The molecule has 0 atom stereocenters. The van der Waals surface area contributed by atoms with Crippen LogP contribution in [0, 0.1) is 0 Å². The predicted octanol–water partition coefficient (Wildman–Crippen LogP) is 3.33. The minimum Gasteiger partial charge on any atom is -0.479 e. The van der Waals surface area contributed by atoms with E-state index in [1.54, 1.807) is 11.4 Å². The maximum absolute atomic E-state index is 12.6. The molecule has 10 heteroatoms. The Morgan fingerprint density at radius 2 is 1.83 bits per heavy atom. The zero-order chi connectivity index (χ0) is 17.7. The first-order chi connectivity index (χ1) is 11.3. The SMILES string of the molecule is O=C(O)COc1cccc(OC(=O)c2cccs2)c1OC(F)(F)F. The van der Waals surface area contributed by atoms with Gasteiger partial charge in [0.1, 0.15) is 4.88 Å². The third-order valence-electron chi connectivity index (χ3n) is 2.44. The Bertz CT molecular complexity index is 727. The average molecular weight is 362 g/mol. The van der Waals surface area contributed by atoms with Gasteiger partial charge in [-0.3, -0.25) is 0 Å². The van der Waals surface area contributed by atoms with Crippen molar-refractivity contribution in [2.24, 2.45) is 0 Å². The van der Waals surface area contributed by atoms with Crippen LogP contribution in [0.25, 0.3) is 0 Å². The van der Waals surface area contributed by atoms with Crippen molar-refractivity contribution in [3.63, 3.8) is 0 Å². The Labute approximate surface area is 137 Å². The van der Waals surface area contributed by atoms with Crippen LogP contribution in [0.3, 0.4) is 0 Å². The Morgan fingerprint density at radius 3 is 2.42 bits per heavy atom. The number of halogens is 3. The van der Waals surface area contributed by atoms with E-state index >= 15 is 0 Å². The first kappa shape index (κ1) is 17.6. The summed E-state index contributed by atoms with van der Waals surface area (Å²) in [5.41, 5.74) is 0. The molecule has 6 nitrogen and oxygen atoms in total. The summed E-state index contributed by atoms with van der Waals surface area (Å²) >= 11 is 1.04. The number of hydrogen-bond acceptors (Lipinski definition) is 6. The fourth-order valence-electron chi connectivity index (χ4n) is 1.59. The minimum absolute atomic E-state index is 0.171. The molecule has 1 N–H and O–H groups in total. The van der Waals surface area contributed by atoms with Gasteiger partial charge in [0.25, 0.3) is 0 Å². The number of rotatable bonds is 6. The first-order valence-electron chi connectivity index (χ1n) is 6.25. The van der Waals surface area contributed by atoms with Crippen LogP contribution < -0.4 is 14.2 Å². The minimum atomic E-state index is -5.09. The van der Waals surface area contributed by atoms with Crippen molar-refractivity contribution in [3.8, 4) is 17.2 Å². The summed E-state index contributed by atoms with van der Waals surface area (Å²) in [6.45, 7) is -0.892. The summed E-state index contributed by atoms with van der Waals surface area (Å²) in [7, 11) is 0. The van der Waals surface area contributed by atoms with Crippen LogP contribution in [0.15, 0.2) is 35.7 Å². The fraction of sp³-hybridized carbons (Fsp3) is 0.143. The largest absolute Gasteiger partial charge is 0.573 e. The van der Waals surface area contributed by atoms with E-state index in [4.69, 9.17) is 14.6 Å². The zero-order valence-corrected chi connectivity index (χ0v) is 12.5. The molecule has 2 rings (SSSR count). The fourth-order valence-corrected chi connectivity index (χ4v) is 2.19. The number of carboxylic acids is 1. The van der Waals surface area contributed by atoms with Crippen LogP contribution in [-0.2, 0) is 4.79 Å². The summed E-state index contributed by atoms with van der Waals surface area (Å²) in [6.07, 6.45) is -5.09. The lowest BCUT2D eigenvalue weighted by atomic mass is 10.3. The van der Waals surface area contributed by atoms with E-state index in [0.717, 1.165) is 23.5 Å². The number of thiophene rings is 1. The summed E-state index contributed by atoms with van der Waals surface area (Å²) in [5, 5.41) is 10.2. The lowest BCUT2D eigenvalue weighted by Gasteiger charge is -2.16. The van der Waals surface area contributed by atoms with Crippen molar-refractivity contribution < 1.29 is 42.1 Å². The van der Waals surface area contributed by atoms with Gasteiger partial charge in [0.15, 0.2) is 18.1 Å². The van der Waals surface area contributed by atoms with Gasteiger partial charge in [0, 0.05) is 0 Å². The molecule has 1 aromatic heterocycles. The number of hydrogen-bond donors (Lipinski definition) is 1. The van der Waals surface area contributed by atoms with Crippen LogP contribution in [0.4, 0.5) is 13.2 Å². The number of ether oxygens (including phenoxy) is 3. The molecule has 1 aromatic carbocycles. The molecular formula is C14H9F3O6S. The van der Waals surface area contributed by atoms with E-state index in [1.807, 2.05) is 0 Å². The number of aliphatic carboxylic acids is 1. The molecule has 0 bridgehead atoms. The van der Waals surface area contributed by atoms with E-state index in [1.165, 1.54) is 12.1 Å². The lowest BCUT2D eigenvalue weighted by Crippen LogP contribution is -2.20. The highest BCUT2D eigenvalue weighted by molar-refractivity contribution is 7.12. The zero-order valence-electron chi connectivity index (χ0n) is 11.7. The number of carbonyl (C=O) groups excluding carboxylic acids is 1. The summed E-state index contributed by atoms with van der Waals surface area (Å²) in [5.74, 6) is -4.28. The smallest absolute Gasteiger partial charge is 0.479 e. The van der Waals surface area contributed by atoms with Crippen LogP contribution in [0.1, 0.15) is 9.67 Å². The quantitative estimate of drug-likeness (QED) is 0.627. The molecule has 1 heterocycles. The Kier molecular flexibility index (Phi) is 5.29. The van der Waals surface area contributed by atoms with Crippen molar-refractivity contribution in [1.82, 2.24) is 0 Å². The molecule has 0 fully saturated rings. The molecule has 128 valence electrons. The second-order valence-corrected chi connectivity index (χ2v) is 5.13. The Hall–Kier alpha value is -2.75. The molecule has 2 aromatic rings. The highest BCUT2D eigenvalue weighted by Gasteiger charge is 2.35. The predicted molar refractivity (Wildman–Crippen MR) is 75.5 cm³/mol. The molecular weight excluding hydrogens is 353 g/mol. The first-order valence-corrected chi connectivity index (χ1v) is 7.13. The number of para-hydroxylation sites is 1. The summed E-state index contributed by atoms with van der Waals surface area (Å²) in [4.78, 5) is 22.6. The molecule has 0 spiro atoms. The van der Waals surface area contributed by atoms with Crippen molar-refractivity contribution in [2.75, 3.05) is 6.61 Å². The number of alkyl halides is 3. The van der Waals surface area contributed by atoms with Gasteiger partial charge in [-0.1, -0.05) is 12.1 Å². The van der Waals surface area contributed by atoms with Gasteiger partial charge in [0.05, 0.1) is 0 Å². The highest BCUT2D eigenvalue weighted by atomic mass is 32.1. The molecule has 0 saturated carbocycles. The molecule has 0 aliphatic rings. The van der Waals surface area contributed by atoms with Crippen LogP contribution in [0.5, 0.6) is 17.2 Å². The van der Waals surface area contributed by atoms with Gasteiger partial charge >= 0.3 is 18.3 Å². The number of carboxylic acid groups (broad SMARTS) is 1. The van der Waals surface area contributed by atoms with Gasteiger partial charge in [-0.05, 0) is 23.6 Å². The Morgan fingerprint density at radius 1 is 1.12 bits per heavy atom. The van der Waals surface area contributed by atoms with Crippen molar-refractivity contribution >= 4 is 23.3 Å².